The first-order valence-electron chi connectivity index (χ1n) is 6.50. The Morgan fingerprint density at radius 3 is 2.39 bits per heavy atom. The lowest BCUT2D eigenvalue weighted by Crippen LogP contribution is -2.50. The zero-order valence-electron chi connectivity index (χ0n) is 11.0. The number of alkyl halides is 3. The average molecular weight is 268 g/mol. The normalized spacial score (nSPS) is 27.5. The van der Waals surface area contributed by atoms with Crippen LogP contribution in [0.15, 0.2) is 0 Å². The van der Waals surface area contributed by atoms with E-state index in [-0.39, 0.29) is 19.1 Å². The molecule has 0 saturated heterocycles. The molecule has 3 nitrogen and oxygen atoms in total. The van der Waals surface area contributed by atoms with Crippen molar-refractivity contribution < 1.29 is 17.9 Å². The Hall–Kier alpha value is -0.330. The lowest BCUT2D eigenvalue weighted by molar-refractivity contribution is -0.201. The van der Waals surface area contributed by atoms with Crippen LogP contribution in [0.5, 0.6) is 0 Å². The lowest BCUT2D eigenvalue weighted by atomic mass is 9.75. The van der Waals surface area contributed by atoms with Crippen LogP contribution in [-0.4, -0.2) is 24.9 Å². The molecule has 1 saturated carbocycles. The molecule has 0 radical (unpaired) electrons. The summed E-state index contributed by atoms with van der Waals surface area (Å²) in [5.74, 6) is 3.65. The second-order valence-corrected chi connectivity index (χ2v) is 5.25. The van der Waals surface area contributed by atoms with Gasteiger partial charge in [0.15, 0.2) is 0 Å². The molecule has 3 atom stereocenters. The van der Waals surface area contributed by atoms with E-state index in [1.165, 1.54) is 0 Å². The van der Waals surface area contributed by atoms with Crippen LogP contribution in [0.2, 0.25) is 0 Å². The van der Waals surface area contributed by atoms with Crippen LogP contribution in [0.4, 0.5) is 13.2 Å². The summed E-state index contributed by atoms with van der Waals surface area (Å²) < 4.78 is 44.3. The van der Waals surface area contributed by atoms with Gasteiger partial charge in [0.1, 0.15) is 0 Å². The van der Waals surface area contributed by atoms with Crippen molar-refractivity contribution in [1.82, 2.24) is 5.43 Å². The highest BCUT2D eigenvalue weighted by molar-refractivity contribution is 4.87. The maximum absolute atomic E-state index is 13.0. The number of hydrazine groups is 1. The van der Waals surface area contributed by atoms with Gasteiger partial charge in [-0.25, -0.2) is 0 Å². The van der Waals surface area contributed by atoms with Crippen LogP contribution in [-0.2, 0) is 4.74 Å². The summed E-state index contributed by atoms with van der Waals surface area (Å²) in [6, 6.07) is -0.431. The molecule has 0 aromatic carbocycles. The highest BCUT2D eigenvalue weighted by Gasteiger charge is 2.47. The standard InChI is InChI=1S/C12H23F3N2O/c1-8(2)18-7-11(17-16)9-5-3-4-6-10(9)12(13,14)15/h8-11,17H,3-7,16H2,1-2H3. The van der Waals surface area contributed by atoms with E-state index in [4.69, 9.17) is 10.6 Å². The van der Waals surface area contributed by atoms with Gasteiger partial charge >= 0.3 is 6.18 Å². The van der Waals surface area contributed by atoms with E-state index in [2.05, 4.69) is 5.43 Å². The fraction of sp³-hybridized carbons (Fsp3) is 1.00. The smallest absolute Gasteiger partial charge is 0.377 e. The second-order valence-electron chi connectivity index (χ2n) is 5.25. The molecule has 18 heavy (non-hydrogen) atoms. The first kappa shape index (κ1) is 15.7. The third-order valence-electron chi connectivity index (χ3n) is 3.58. The van der Waals surface area contributed by atoms with Gasteiger partial charge < -0.3 is 4.74 Å². The highest BCUT2D eigenvalue weighted by atomic mass is 19.4. The van der Waals surface area contributed by atoms with Crippen molar-refractivity contribution in [2.45, 2.75) is 57.9 Å². The van der Waals surface area contributed by atoms with Crippen molar-refractivity contribution in [3.63, 3.8) is 0 Å². The van der Waals surface area contributed by atoms with Crippen LogP contribution in [0, 0.1) is 11.8 Å². The van der Waals surface area contributed by atoms with Crippen LogP contribution in [0.3, 0.4) is 0 Å². The van der Waals surface area contributed by atoms with Gasteiger partial charge in [0.2, 0.25) is 0 Å². The Kier molecular flexibility index (Phi) is 5.88. The molecule has 1 aliphatic carbocycles. The van der Waals surface area contributed by atoms with E-state index in [0.29, 0.717) is 12.8 Å². The van der Waals surface area contributed by atoms with Gasteiger partial charge in [0, 0.05) is 6.04 Å². The van der Waals surface area contributed by atoms with Gasteiger partial charge in [0.05, 0.1) is 18.6 Å². The summed E-state index contributed by atoms with van der Waals surface area (Å²) in [5, 5.41) is 0. The maximum Gasteiger partial charge on any atom is 0.392 e. The molecule has 1 rings (SSSR count). The van der Waals surface area contributed by atoms with Crippen LogP contribution >= 0.6 is 0 Å². The molecule has 0 amide bonds. The molecule has 108 valence electrons. The molecule has 3 unspecified atom stereocenters. The number of rotatable bonds is 5. The third kappa shape index (κ3) is 4.40. The summed E-state index contributed by atoms with van der Waals surface area (Å²) in [4.78, 5) is 0. The molecule has 0 bridgehead atoms. The van der Waals surface area contributed by atoms with E-state index in [0.717, 1.165) is 6.42 Å². The van der Waals surface area contributed by atoms with E-state index in [9.17, 15) is 13.2 Å². The Bertz CT molecular complexity index is 246. The topological polar surface area (TPSA) is 47.3 Å². The molecule has 6 heteroatoms. The summed E-state index contributed by atoms with van der Waals surface area (Å²) in [7, 11) is 0. The first-order chi connectivity index (χ1) is 8.36. The predicted molar refractivity (Wildman–Crippen MR) is 63.7 cm³/mol. The molecule has 0 aromatic heterocycles. The highest BCUT2D eigenvalue weighted by Crippen LogP contribution is 2.42. The third-order valence-corrected chi connectivity index (χ3v) is 3.58. The van der Waals surface area contributed by atoms with Gasteiger partial charge in [-0.15, -0.1) is 0 Å². The maximum atomic E-state index is 13.0. The number of halogens is 3. The minimum atomic E-state index is -4.14. The Labute approximate surface area is 106 Å². The number of hydrogen-bond acceptors (Lipinski definition) is 3. The number of nitrogens with one attached hydrogen (secondary N) is 1. The summed E-state index contributed by atoms with van der Waals surface area (Å²) in [6.07, 6.45) is -1.92. The molecule has 0 heterocycles. The minimum Gasteiger partial charge on any atom is -0.377 e. The fourth-order valence-corrected chi connectivity index (χ4v) is 2.64. The Morgan fingerprint density at radius 2 is 1.89 bits per heavy atom. The van der Waals surface area contributed by atoms with Crippen molar-refractivity contribution >= 4 is 0 Å². The molecule has 0 spiro atoms. The molecule has 3 N–H and O–H groups in total. The summed E-state index contributed by atoms with van der Waals surface area (Å²) in [5.41, 5.74) is 2.50. The van der Waals surface area contributed by atoms with Crippen LogP contribution in [0.1, 0.15) is 39.5 Å². The second kappa shape index (κ2) is 6.73. The van der Waals surface area contributed by atoms with E-state index in [1.807, 2.05) is 13.8 Å². The SMILES string of the molecule is CC(C)OCC(NN)C1CCCCC1C(F)(F)F. The van der Waals surface area contributed by atoms with Crippen molar-refractivity contribution in [2.75, 3.05) is 6.61 Å². The van der Waals surface area contributed by atoms with Crippen LogP contribution in [0.25, 0.3) is 0 Å². The van der Waals surface area contributed by atoms with E-state index >= 15 is 0 Å². The molecular weight excluding hydrogens is 245 g/mol. The molecular formula is C12H23F3N2O. The molecule has 0 aromatic rings. The predicted octanol–water partition coefficient (Wildman–Crippen LogP) is 2.61. The van der Waals surface area contributed by atoms with Gasteiger partial charge in [-0.1, -0.05) is 12.8 Å². The molecule has 1 fully saturated rings. The van der Waals surface area contributed by atoms with E-state index < -0.39 is 24.1 Å². The first-order valence-corrected chi connectivity index (χ1v) is 6.50. The monoisotopic (exact) mass is 268 g/mol. The molecule has 0 aliphatic heterocycles. The van der Waals surface area contributed by atoms with Crippen LogP contribution < -0.4 is 11.3 Å². The number of nitrogens with two attached hydrogens (primary N) is 1. The Balaban J connectivity index is 2.68. The van der Waals surface area contributed by atoms with Gasteiger partial charge in [0.25, 0.3) is 0 Å². The number of hydrogen-bond donors (Lipinski definition) is 2. The van der Waals surface area contributed by atoms with Gasteiger partial charge in [-0.3, -0.25) is 11.3 Å². The van der Waals surface area contributed by atoms with Crippen molar-refractivity contribution in [1.29, 1.82) is 0 Å². The largest absolute Gasteiger partial charge is 0.392 e. The fourth-order valence-electron chi connectivity index (χ4n) is 2.64. The van der Waals surface area contributed by atoms with Crippen molar-refractivity contribution in [3.05, 3.63) is 0 Å². The summed E-state index contributed by atoms with van der Waals surface area (Å²) in [6.45, 7) is 3.94. The van der Waals surface area contributed by atoms with Crippen molar-refractivity contribution in [2.24, 2.45) is 17.7 Å². The quantitative estimate of drug-likeness (QED) is 0.595. The zero-order valence-corrected chi connectivity index (χ0v) is 11.0. The Morgan fingerprint density at radius 1 is 1.28 bits per heavy atom. The van der Waals surface area contributed by atoms with E-state index in [1.54, 1.807) is 0 Å². The zero-order chi connectivity index (χ0) is 13.8. The van der Waals surface area contributed by atoms with Gasteiger partial charge in [-0.2, -0.15) is 13.2 Å². The number of ether oxygens (including phenoxy) is 1. The van der Waals surface area contributed by atoms with Gasteiger partial charge in [-0.05, 0) is 32.6 Å². The lowest BCUT2D eigenvalue weighted by Gasteiger charge is -2.37. The van der Waals surface area contributed by atoms with Crippen molar-refractivity contribution in [3.8, 4) is 0 Å². The molecule has 1 aliphatic rings. The minimum absolute atomic E-state index is 0.00576. The average Bonchev–Trinajstić information content (AvgIpc) is 2.29. The summed E-state index contributed by atoms with van der Waals surface area (Å²) >= 11 is 0.